The van der Waals surface area contributed by atoms with Crippen LogP contribution in [0, 0.1) is 17.7 Å². The van der Waals surface area contributed by atoms with Crippen LogP contribution in [0.3, 0.4) is 0 Å². The quantitative estimate of drug-likeness (QED) is 0.292. The van der Waals surface area contributed by atoms with Crippen LogP contribution in [0.4, 0.5) is 4.39 Å². The van der Waals surface area contributed by atoms with Crippen molar-refractivity contribution in [2.24, 2.45) is 11.8 Å². The summed E-state index contributed by atoms with van der Waals surface area (Å²) in [6.07, 6.45) is 23.0. The lowest BCUT2D eigenvalue weighted by atomic mass is 9.76. The van der Waals surface area contributed by atoms with E-state index in [1.807, 2.05) is 6.07 Å². The van der Waals surface area contributed by atoms with Crippen molar-refractivity contribution in [3.05, 3.63) is 76.6 Å². The monoisotopic (exact) mass is 514 g/mol. The minimum atomic E-state index is 0.0443. The van der Waals surface area contributed by atoms with E-state index in [1.54, 1.807) is 5.56 Å². The molecule has 3 aliphatic rings. The Kier molecular flexibility index (Phi) is 9.79. The van der Waals surface area contributed by atoms with Crippen LogP contribution in [0.25, 0.3) is 5.57 Å². The molecule has 206 valence electrons. The molecule has 1 heteroatoms. The molecule has 0 saturated heterocycles. The van der Waals surface area contributed by atoms with Crippen molar-refractivity contribution in [1.29, 1.82) is 0 Å². The lowest BCUT2D eigenvalue weighted by Crippen LogP contribution is -2.14. The average Bonchev–Trinajstić information content (AvgIpc) is 2.98. The van der Waals surface area contributed by atoms with Crippen LogP contribution < -0.4 is 0 Å². The summed E-state index contributed by atoms with van der Waals surface area (Å²) in [5, 5.41) is 0. The van der Waals surface area contributed by atoms with Crippen molar-refractivity contribution in [1.82, 2.24) is 0 Å². The summed E-state index contributed by atoms with van der Waals surface area (Å²) in [6.45, 7) is 4.60. The Morgan fingerprint density at radius 1 is 0.684 bits per heavy atom. The van der Waals surface area contributed by atoms with Gasteiger partial charge in [0.05, 0.1) is 0 Å². The van der Waals surface area contributed by atoms with Gasteiger partial charge in [-0.2, -0.15) is 0 Å². The SMILES string of the molecule is CCCCCC1CCC(c2ccc(C3=CCC(c4ccc(C5CCC(CC)CC5)c(F)c4)CC3)cc2)CC1. The Morgan fingerprint density at radius 2 is 1.37 bits per heavy atom. The first-order valence-electron chi connectivity index (χ1n) is 16.2. The second-order valence-corrected chi connectivity index (χ2v) is 12.9. The fourth-order valence-corrected chi connectivity index (χ4v) is 7.85. The topological polar surface area (TPSA) is 0 Å². The van der Waals surface area contributed by atoms with E-state index < -0.39 is 0 Å². The van der Waals surface area contributed by atoms with Gasteiger partial charge in [0.15, 0.2) is 0 Å². The molecular formula is C37H51F. The highest BCUT2D eigenvalue weighted by atomic mass is 19.1. The van der Waals surface area contributed by atoms with Gasteiger partial charge >= 0.3 is 0 Å². The molecule has 0 amide bonds. The third kappa shape index (κ3) is 6.81. The molecule has 2 aromatic carbocycles. The van der Waals surface area contributed by atoms with Crippen LogP contribution in [-0.4, -0.2) is 0 Å². The first-order valence-corrected chi connectivity index (χ1v) is 16.2. The normalized spacial score (nSPS) is 28.2. The van der Waals surface area contributed by atoms with Gasteiger partial charge in [-0.15, -0.1) is 0 Å². The van der Waals surface area contributed by atoms with Gasteiger partial charge in [-0.25, -0.2) is 4.39 Å². The molecule has 5 rings (SSSR count). The van der Waals surface area contributed by atoms with Crippen LogP contribution in [0.15, 0.2) is 48.5 Å². The first kappa shape index (κ1) is 27.7. The van der Waals surface area contributed by atoms with Crippen LogP contribution in [-0.2, 0) is 0 Å². The molecule has 38 heavy (non-hydrogen) atoms. The van der Waals surface area contributed by atoms with Gasteiger partial charge in [-0.3, -0.25) is 0 Å². The molecule has 2 fully saturated rings. The summed E-state index contributed by atoms with van der Waals surface area (Å²) in [5.74, 6) is 3.51. The third-order valence-electron chi connectivity index (χ3n) is 10.6. The molecule has 0 aliphatic heterocycles. The summed E-state index contributed by atoms with van der Waals surface area (Å²) in [7, 11) is 0. The summed E-state index contributed by atoms with van der Waals surface area (Å²) >= 11 is 0. The number of hydrogen-bond donors (Lipinski definition) is 0. The average molecular weight is 515 g/mol. The Hall–Kier alpha value is -1.89. The zero-order chi connectivity index (χ0) is 26.3. The van der Waals surface area contributed by atoms with E-state index in [0.29, 0.717) is 11.8 Å². The zero-order valence-electron chi connectivity index (χ0n) is 24.2. The van der Waals surface area contributed by atoms with E-state index in [-0.39, 0.29) is 5.82 Å². The summed E-state index contributed by atoms with van der Waals surface area (Å²) in [4.78, 5) is 0. The predicted octanol–water partition coefficient (Wildman–Crippen LogP) is 11.7. The number of halogens is 1. The van der Waals surface area contributed by atoms with Crippen molar-refractivity contribution < 1.29 is 4.39 Å². The Morgan fingerprint density at radius 3 is 2.00 bits per heavy atom. The molecule has 0 aromatic heterocycles. The summed E-state index contributed by atoms with van der Waals surface area (Å²) < 4.78 is 15.2. The molecule has 0 heterocycles. The number of rotatable bonds is 9. The molecule has 0 spiro atoms. The summed E-state index contributed by atoms with van der Waals surface area (Å²) in [5.41, 5.74) is 6.60. The standard InChI is InChI=1S/C37H51F/c1-3-5-6-7-28-10-12-29(13-11-28)30-16-18-31(19-17-30)32-20-22-33(23-21-32)35-24-25-36(37(38)26-35)34-14-8-27(4-2)9-15-34/h16-20,24-29,33-34H,3-15,21-23H2,1-2H3. The smallest absolute Gasteiger partial charge is 0.126 e. The van der Waals surface area contributed by atoms with Crippen LogP contribution in [0.5, 0.6) is 0 Å². The van der Waals surface area contributed by atoms with E-state index in [2.05, 4.69) is 56.3 Å². The number of unbranched alkanes of at least 4 members (excludes halogenated alkanes) is 2. The Bertz CT molecular complexity index is 1030. The van der Waals surface area contributed by atoms with Crippen molar-refractivity contribution in [3.63, 3.8) is 0 Å². The van der Waals surface area contributed by atoms with Gasteiger partial charge in [-0.1, -0.05) is 88.4 Å². The van der Waals surface area contributed by atoms with Crippen molar-refractivity contribution in [2.75, 3.05) is 0 Å². The van der Waals surface area contributed by atoms with Crippen molar-refractivity contribution in [2.45, 2.75) is 134 Å². The van der Waals surface area contributed by atoms with Gasteiger partial charge in [-0.05, 0) is 134 Å². The third-order valence-corrected chi connectivity index (χ3v) is 10.6. The Labute approximate surface area is 232 Å². The van der Waals surface area contributed by atoms with Crippen molar-refractivity contribution in [3.8, 4) is 0 Å². The molecule has 2 aromatic rings. The largest absolute Gasteiger partial charge is 0.207 e. The molecule has 2 saturated carbocycles. The number of hydrogen-bond acceptors (Lipinski definition) is 0. The number of allylic oxidation sites excluding steroid dienone is 2. The van der Waals surface area contributed by atoms with E-state index in [4.69, 9.17) is 0 Å². The fraction of sp³-hybridized carbons (Fsp3) is 0.622. The molecular weight excluding hydrogens is 463 g/mol. The zero-order valence-corrected chi connectivity index (χ0v) is 24.2. The lowest BCUT2D eigenvalue weighted by molar-refractivity contribution is 0.303. The molecule has 3 aliphatic carbocycles. The molecule has 0 N–H and O–H groups in total. The maximum atomic E-state index is 15.2. The predicted molar refractivity (Wildman–Crippen MR) is 161 cm³/mol. The first-order chi connectivity index (χ1) is 18.6. The van der Waals surface area contributed by atoms with Crippen molar-refractivity contribution >= 4 is 5.57 Å². The van der Waals surface area contributed by atoms with Crippen LogP contribution in [0.2, 0.25) is 0 Å². The molecule has 1 atom stereocenters. The van der Waals surface area contributed by atoms with E-state index >= 15 is 4.39 Å². The van der Waals surface area contributed by atoms with E-state index in [0.717, 1.165) is 55.4 Å². The highest BCUT2D eigenvalue weighted by molar-refractivity contribution is 5.67. The summed E-state index contributed by atoms with van der Waals surface area (Å²) in [6, 6.07) is 15.8. The van der Waals surface area contributed by atoms with E-state index in [9.17, 15) is 0 Å². The lowest BCUT2D eigenvalue weighted by Gasteiger charge is -2.29. The molecule has 1 unspecified atom stereocenters. The maximum absolute atomic E-state index is 15.2. The second-order valence-electron chi connectivity index (χ2n) is 12.9. The minimum absolute atomic E-state index is 0.0443. The van der Waals surface area contributed by atoms with Gasteiger partial charge < -0.3 is 0 Å². The Balaban J connectivity index is 1.14. The van der Waals surface area contributed by atoms with Crippen LogP contribution in [0.1, 0.15) is 157 Å². The molecule has 0 radical (unpaired) electrons. The van der Waals surface area contributed by atoms with Gasteiger partial charge in [0, 0.05) is 0 Å². The minimum Gasteiger partial charge on any atom is -0.207 e. The fourth-order valence-electron chi connectivity index (χ4n) is 7.85. The highest BCUT2D eigenvalue weighted by Gasteiger charge is 2.25. The number of benzene rings is 2. The van der Waals surface area contributed by atoms with Gasteiger partial charge in [0.1, 0.15) is 5.82 Å². The van der Waals surface area contributed by atoms with Crippen LogP contribution >= 0.6 is 0 Å². The maximum Gasteiger partial charge on any atom is 0.126 e. The molecule has 0 nitrogen and oxygen atoms in total. The van der Waals surface area contributed by atoms with Gasteiger partial charge in [0.25, 0.3) is 0 Å². The highest BCUT2D eigenvalue weighted by Crippen LogP contribution is 2.42. The van der Waals surface area contributed by atoms with E-state index in [1.165, 1.54) is 87.3 Å². The second kappa shape index (κ2) is 13.5. The molecule has 0 bridgehead atoms. The van der Waals surface area contributed by atoms with Gasteiger partial charge in [0.2, 0.25) is 0 Å².